The number of fused-ring (bicyclic) bond motifs is 5. The monoisotopic (exact) mass is 576 g/mol. The first-order chi connectivity index (χ1) is 19.6. The maximum atomic E-state index is 14.0. The smallest absolute Gasteiger partial charge is 0.298 e. The number of rotatable bonds is 4. The molecule has 1 aliphatic carbocycles. The van der Waals surface area contributed by atoms with E-state index in [9.17, 15) is 18.0 Å². The fourth-order valence-corrected chi connectivity index (χ4v) is 7.26. The van der Waals surface area contributed by atoms with E-state index in [0.29, 0.717) is 31.1 Å². The molecule has 0 bridgehead atoms. The van der Waals surface area contributed by atoms with Crippen molar-refractivity contribution in [2.45, 2.75) is 70.6 Å². The maximum absolute atomic E-state index is 14.0. The summed E-state index contributed by atoms with van der Waals surface area (Å²) >= 11 is 0. The number of amides is 2. The van der Waals surface area contributed by atoms with Crippen LogP contribution in [-0.2, 0) is 26.3 Å². The average Bonchev–Trinajstić information content (AvgIpc) is 3.14. The number of aromatic nitrogens is 1. The molecule has 2 fully saturated rings. The van der Waals surface area contributed by atoms with Crippen LogP contribution in [0.4, 0.5) is 0 Å². The van der Waals surface area contributed by atoms with Gasteiger partial charge in [0.1, 0.15) is 0 Å². The first-order valence-corrected chi connectivity index (χ1v) is 15.9. The highest BCUT2D eigenvalue weighted by Crippen LogP contribution is 2.46. The summed E-state index contributed by atoms with van der Waals surface area (Å²) in [5.41, 5.74) is 5.97. The summed E-state index contributed by atoms with van der Waals surface area (Å²) in [6, 6.07) is 13.4. The first-order valence-electron chi connectivity index (χ1n) is 14.3. The van der Waals surface area contributed by atoms with E-state index in [0.717, 1.165) is 53.4 Å². The molecule has 3 heterocycles. The van der Waals surface area contributed by atoms with Gasteiger partial charge in [0.2, 0.25) is 0 Å². The molecular formula is C31H36N4O5S. The molecule has 3 N–H and O–H groups in total. The summed E-state index contributed by atoms with van der Waals surface area (Å²) in [5.74, 6) is -0.474. The highest BCUT2D eigenvalue weighted by atomic mass is 32.2. The van der Waals surface area contributed by atoms with Crippen molar-refractivity contribution in [1.29, 1.82) is 0 Å². The molecule has 9 nitrogen and oxygen atoms in total. The van der Waals surface area contributed by atoms with Crippen molar-refractivity contribution in [3.63, 3.8) is 0 Å². The van der Waals surface area contributed by atoms with Crippen LogP contribution < -0.4 is 9.86 Å². The maximum Gasteiger partial charge on any atom is 0.298 e. The lowest BCUT2D eigenvalue weighted by atomic mass is 9.81. The molecule has 2 atom stereocenters. The number of hydrogen-bond donors (Lipinski definition) is 2. The van der Waals surface area contributed by atoms with Gasteiger partial charge in [-0.05, 0) is 61.9 Å². The Morgan fingerprint density at radius 2 is 1.71 bits per heavy atom. The Balaban J connectivity index is 1.54. The summed E-state index contributed by atoms with van der Waals surface area (Å²) in [5, 5.41) is 6.12. The fourth-order valence-electron chi connectivity index (χ4n) is 6.88. The van der Waals surface area contributed by atoms with Crippen molar-refractivity contribution in [2.24, 2.45) is 5.14 Å². The lowest BCUT2D eigenvalue weighted by Gasteiger charge is -2.35. The van der Waals surface area contributed by atoms with Gasteiger partial charge in [-0.25, -0.2) is 9.86 Å². The summed E-state index contributed by atoms with van der Waals surface area (Å²) < 4.78 is 33.1. The standard InChI is InChI=1S/C31H36N4O5S/c1-19-16-34(17-20(2)40-19)31(37)24-14-22-10-6-7-11-25(22)29-28(21-8-4-3-5-9-21)26-13-12-23(15-27(26)35(29)18-24)30(36)33-41(32,38)39/h6-7,10-15,19-21H,3-5,8-9,16-18H2,1-2H3,(H,33,36)(H2,32,38,39)/t19-,20+. The number of benzene rings is 2. The molecule has 0 spiro atoms. The number of hydrogen-bond acceptors (Lipinski definition) is 5. The predicted octanol–water partition coefficient (Wildman–Crippen LogP) is 4.32. The molecule has 0 unspecified atom stereocenters. The number of nitrogens with two attached hydrogens (primary N) is 1. The minimum atomic E-state index is -4.22. The van der Waals surface area contributed by atoms with E-state index in [1.807, 2.05) is 47.7 Å². The van der Waals surface area contributed by atoms with Gasteiger partial charge in [0.25, 0.3) is 22.0 Å². The summed E-state index contributed by atoms with van der Waals surface area (Å²) in [6.07, 6.45) is 7.57. The number of carbonyl (C=O) groups is 2. The zero-order chi connectivity index (χ0) is 28.9. The zero-order valence-electron chi connectivity index (χ0n) is 23.4. The van der Waals surface area contributed by atoms with Crippen LogP contribution in [0.3, 0.4) is 0 Å². The van der Waals surface area contributed by atoms with E-state index in [2.05, 4.69) is 16.7 Å². The van der Waals surface area contributed by atoms with Gasteiger partial charge in [-0.15, -0.1) is 0 Å². The molecule has 6 rings (SSSR count). The van der Waals surface area contributed by atoms with Crippen LogP contribution in [0.25, 0.3) is 28.2 Å². The van der Waals surface area contributed by atoms with Gasteiger partial charge in [-0.3, -0.25) is 9.59 Å². The Morgan fingerprint density at radius 1 is 1.00 bits per heavy atom. The molecule has 0 radical (unpaired) electrons. The second-order valence-corrected chi connectivity index (χ2v) is 12.9. The van der Waals surface area contributed by atoms with Crippen LogP contribution in [0.15, 0.2) is 48.0 Å². The molecule has 2 amide bonds. The quantitative estimate of drug-likeness (QED) is 0.479. The zero-order valence-corrected chi connectivity index (χ0v) is 24.2. The predicted molar refractivity (Wildman–Crippen MR) is 158 cm³/mol. The molecule has 1 saturated carbocycles. The normalized spacial score (nSPS) is 21.5. The molecule has 216 valence electrons. The molecule has 41 heavy (non-hydrogen) atoms. The molecule has 2 aromatic carbocycles. The Labute approximate surface area is 240 Å². The second-order valence-electron chi connectivity index (χ2n) is 11.6. The summed E-state index contributed by atoms with van der Waals surface area (Å²) in [7, 11) is -4.22. The molecule has 2 aliphatic heterocycles. The van der Waals surface area contributed by atoms with Gasteiger partial charge in [0, 0.05) is 40.7 Å². The summed E-state index contributed by atoms with van der Waals surface area (Å²) in [4.78, 5) is 28.7. The van der Waals surface area contributed by atoms with Gasteiger partial charge in [-0.1, -0.05) is 49.6 Å². The minimum absolute atomic E-state index is 0.0288. The number of nitrogens with zero attached hydrogens (tertiary/aromatic N) is 2. The number of ether oxygens (including phenoxy) is 1. The van der Waals surface area contributed by atoms with Gasteiger partial charge in [-0.2, -0.15) is 8.42 Å². The van der Waals surface area contributed by atoms with Crippen molar-refractivity contribution < 1.29 is 22.7 Å². The Hall–Kier alpha value is -3.47. The van der Waals surface area contributed by atoms with E-state index in [-0.39, 0.29) is 23.7 Å². The van der Waals surface area contributed by atoms with Crippen LogP contribution in [0, 0.1) is 0 Å². The van der Waals surface area contributed by atoms with Crippen molar-refractivity contribution >= 4 is 39.0 Å². The molecule has 1 aromatic heterocycles. The van der Waals surface area contributed by atoms with Gasteiger partial charge >= 0.3 is 0 Å². The van der Waals surface area contributed by atoms with Crippen LogP contribution >= 0.6 is 0 Å². The summed E-state index contributed by atoms with van der Waals surface area (Å²) in [6.45, 7) is 5.33. The second kappa shape index (κ2) is 10.7. The van der Waals surface area contributed by atoms with E-state index in [1.54, 1.807) is 12.1 Å². The molecule has 10 heteroatoms. The van der Waals surface area contributed by atoms with Crippen LogP contribution in [0.5, 0.6) is 0 Å². The topological polar surface area (TPSA) is 124 Å². The Kier molecular flexibility index (Phi) is 7.25. The van der Waals surface area contributed by atoms with Crippen molar-refractivity contribution in [1.82, 2.24) is 14.2 Å². The SMILES string of the molecule is C[C@@H]1CN(C(=O)C2=Cc3ccccc3-c3c(C4CCCCC4)c4ccc(C(=O)NS(N)(=O)=O)cc4n3C2)C[C@H](C)O1. The number of carbonyl (C=O) groups excluding carboxylic acids is 2. The van der Waals surface area contributed by atoms with Gasteiger partial charge < -0.3 is 14.2 Å². The highest BCUT2D eigenvalue weighted by Gasteiger charge is 2.33. The van der Waals surface area contributed by atoms with Gasteiger partial charge in [0.15, 0.2) is 0 Å². The van der Waals surface area contributed by atoms with Gasteiger partial charge in [0.05, 0.1) is 24.4 Å². The largest absolute Gasteiger partial charge is 0.372 e. The third kappa shape index (κ3) is 5.43. The third-order valence-corrected chi connectivity index (χ3v) is 8.94. The van der Waals surface area contributed by atoms with Crippen LogP contribution in [-0.4, -0.2) is 55.0 Å². The van der Waals surface area contributed by atoms with E-state index >= 15 is 0 Å². The first kappa shape index (κ1) is 27.7. The minimum Gasteiger partial charge on any atom is -0.372 e. The van der Waals surface area contributed by atoms with Crippen molar-refractivity contribution in [3.8, 4) is 11.3 Å². The average molecular weight is 577 g/mol. The molecule has 1 saturated heterocycles. The molecular weight excluding hydrogens is 540 g/mol. The highest BCUT2D eigenvalue weighted by molar-refractivity contribution is 7.87. The van der Waals surface area contributed by atoms with E-state index in [4.69, 9.17) is 9.88 Å². The number of morpholine rings is 1. The van der Waals surface area contributed by atoms with E-state index < -0.39 is 16.1 Å². The number of nitrogens with one attached hydrogen (secondary N) is 1. The Bertz CT molecular complexity index is 1660. The fraction of sp³-hybridized carbons (Fsp3) is 0.419. The molecule has 3 aromatic rings. The lowest BCUT2D eigenvalue weighted by molar-refractivity contribution is -0.139. The van der Waals surface area contributed by atoms with Crippen molar-refractivity contribution in [2.75, 3.05) is 13.1 Å². The Morgan fingerprint density at radius 3 is 2.41 bits per heavy atom. The van der Waals surface area contributed by atoms with Crippen LogP contribution in [0.1, 0.15) is 73.4 Å². The van der Waals surface area contributed by atoms with Crippen molar-refractivity contribution in [3.05, 3.63) is 64.7 Å². The van der Waals surface area contributed by atoms with E-state index in [1.165, 1.54) is 12.0 Å². The molecule has 3 aliphatic rings. The lowest BCUT2D eigenvalue weighted by Crippen LogP contribution is -2.48. The van der Waals surface area contributed by atoms with Crippen LogP contribution in [0.2, 0.25) is 0 Å². The third-order valence-electron chi connectivity index (χ3n) is 8.47.